The summed E-state index contributed by atoms with van der Waals surface area (Å²) in [5.41, 5.74) is -0.656. The summed E-state index contributed by atoms with van der Waals surface area (Å²) >= 11 is 6.00. The number of sulfone groups is 1. The highest BCUT2D eigenvalue weighted by Gasteiger charge is 2.31. The molecule has 0 aliphatic rings. The molecule has 0 fully saturated rings. The van der Waals surface area contributed by atoms with Gasteiger partial charge in [0.25, 0.3) is 0 Å². The normalized spacial score (nSPS) is 12.7. The smallest absolute Gasteiger partial charge is 0.313 e. The Hall–Kier alpha value is -1.07. The van der Waals surface area contributed by atoms with Crippen LogP contribution in [-0.4, -0.2) is 24.7 Å². The van der Waals surface area contributed by atoms with Gasteiger partial charge in [0.15, 0.2) is 9.84 Å². The molecule has 0 unspecified atom stereocenters. The van der Waals surface area contributed by atoms with Crippen LogP contribution in [0.2, 0.25) is 5.02 Å². The minimum atomic E-state index is -3.47. The molecule has 1 aromatic rings. The van der Waals surface area contributed by atoms with E-state index in [0.717, 1.165) is 0 Å². The molecule has 0 spiro atoms. The number of carbonyl (C=O) groups is 1. The Morgan fingerprint density at radius 1 is 1.32 bits per heavy atom. The standard InChI is InChI=1S/C13H17ClO4S/c1-8(2)19(17,18)11-6-5-9(7-10(11)14)13(3,4)12(15)16/h5-8H,1-4H3,(H,15,16). The van der Waals surface area contributed by atoms with E-state index in [1.807, 2.05) is 0 Å². The summed E-state index contributed by atoms with van der Waals surface area (Å²) in [6.07, 6.45) is 0. The zero-order chi connectivity index (χ0) is 15.0. The first-order chi connectivity index (χ1) is 8.51. The van der Waals surface area contributed by atoms with E-state index in [1.54, 1.807) is 13.8 Å². The van der Waals surface area contributed by atoms with Crippen molar-refractivity contribution < 1.29 is 18.3 Å². The van der Waals surface area contributed by atoms with E-state index in [2.05, 4.69) is 0 Å². The fraction of sp³-hybridized carbons (Fsp3) is 0.462. The monoisotopic (exact) mass is 304 g/mol. The summed E-state index contributed by atoms with van der Waals surface area (Å²) in [4.78, 5) is 11.2. The van der Waals surface area contributed by atoms with Gasteiger partial charge in [-0.25, -0.2) is 8.42 Å². The van der Waals surface area contributed by atoms with Crippen LogP contribution in [0.25, 0.3) is 0 Å². The lowest BCUT2D eigenvalue weighted by atomic mass is 9.85. The molecule has 0 amide bonds. The molecule has 1 N–H and O–H groups in total. The number of rotatable bonds is 4. The van der Waals surface area contributed by atoms with Crippen LogP contribution in [0.3, 0.4) is 0 Å². The summed E-state index contributed by atoms with van der Waals surface area (Å²) < 4.78 is 24.1. The lowest BCUT2D eigenvalue weighted by Gasteiger charge is -2.21. The van der Waals surface area contributed by atoms with Gasteiger partial charge in [0.2, 0.25) is 0 Å². The molecule has 0 bridgehead atoms. The molecule has 0 saturated heterocycles. The Morgan fingerprint density at radius 3 is 2.21 bits per heavy atom. The van der Waals surface area contributed by atoms with Gasteiger partial charge in [0.1, 0.15) is 0 Å². The van der Waals surface area contributed by atoms with Crippen LogP contribution in [0.15, 0.2) is 23.1 Å². The van der Waals surface area contributed by atoms with Crippen LogP contribution in [0.1, 0.15) is 33.3 Å². The molecule has 1 aromatic carbocycles. The fourth-order valence-corrected chi connectivity index (χ4v) is 3.10. The van der Waals surface area contributed by atoms with Crippen molar-refractivity contribution >= 4 is 27.4 Å². The molecular formula is C13H17ClO4S. The van der Waals surface area contributed by atoms with Gasteiger partial charge in [-0.1, -0.05) is 17.7 Å². The molecule has 6 heteroatoms. The first-order valence-electron chi connectivity index (χ1n) is 5.78. The van der Waals surface area contributed by atoms with Crippen molar-refractivity contribution in [1.82, 2.24) is 0 Å². The van der Waals surface area contributed by atoms with Crippen LogP contribution in [0, 0.1) is 0 Å². The predicted molar refractivity (Wildman–Crippen MR) is 74.4 cm³/mol. The molecule has 0 aliphatic heterocycles. The Bertz CT molecular complexity index is 603. The van der Waals surface area contributed by atoms with Crippen molar-refractivity contribution in [3.05, 3.63) is 28.8 Å². The molecule has 19 heavy (non-hydrogen) atoms. The fourth-order valence-electron chi connectivity index (χ4n) is 1.50. The topological polar surface area (TPSA) is 71.4 Å². The molecule has 1 rings (SSSR count). The average Bonchev–Trinajstić information content (AvgIpc) is 2.27. The lowest BCUT2D eigenvalue weighted by Crippen LogP contribution is -2.28. The molecule has 0 radical (unpaired) electrons. The van der Waals surface area contributed by atoms with E-state index in [1.165, 1.54) is 32.0 Å². The van der Waals surface area contributed by atoms with Crippen molar-refractivity contribution in [2.45, 2.75) is 43.3 Å². The van der Waals surface area contributed by atoms with Gasteiger partial charge in [-0.05, 0) is 45.4 Å². The van der Waals surface area contributed by atoms with Crippen molar-refractivity contribution in [1.29, 1.82) is 0 Å². The van der Waals surface area contributed by atoms with Crippen LogP contribution in [0.5, 0.6) is 0 Å². The largest absolute Gasteiger partial charge is 0.481 e. The van der Waals surface area contributed by atoms with Crippen LogP contribution in [0.4, 0.5) is 0 Å². The number of carboxylic acid groups (broad SMARTS) is 1. The minimum absolute atomic E-state index is 0.0362. The zero-order valence-electron chi connectivity index (χ0n) is 11.3. The van der Waals surface area contributed by atoms with E-state index in [4.69, 9.17) is 16.7 Å². The highest BCUT2D eigenvalue weighted by atomic mass is 35.5. The highest BCUT2D eigenvalue weighted by molar-refractivity contribution is 7.92. The molecule has 0 atom stereocenters. The number of hydrogen-bond acceptors (Lipinski definition) is 3. The summed E-state index contributed by atoms with van der Waals surface area (Å²) in [6, 6.07) is 4.28. The average molecular weight is 305 g/mol. The molecule has 0 heterocycles. The van der Waals surface area contributed by atoms with Crippen molar-refractivity contribution in [3.63, 3.8) is 0 Å². The second kappa shape index (κ2) is 5.13. The minimum Gasteiger partial charge on any atom is -0.481 e. The molecule has 0 saturated carbocycles. The van der Waals surface area contributed by atoms with Crippen molar-refractivity contribution in [2.24, 2.45) is 0 Å². The maximum absolute atomic E-state index is 12.0. The Kier molecular flexibility index (Phi) is 4.32. The van der Waals surface area contributed by atoms with E-state index < -0.39 is 26.5 Å². The van der Waals surface area contributed by atoms with Crippen LogP contribution >= 0.6 is 11.6 Å². The van der Waals surface area contributed by atoms with Gasteiger partial charge >= 0.3 is 5.97 Å². The lowest BCUT2D eigenvalue weighted by molar-refractivity contribution is -0.142. The zero-order valence-corrected chi connectivity index (χ0v) is 12.8. The van der Waals surface area contributed by atoms with Crippen molar-refractivity contribution in [3.8, 4) is 0 Å². The van der Waals surface area contributed by atoms with Crippen LogP contribution in [-0.2, 0) is 20.0 Å². The Morgan fingerprint density at radius 2 is 1.84 bits per heavy atom. The number of carboxylic acids is 1. The highest BCUT2D eigenvalue weighted by Crippen LogP contribution is 2.31. The summed E-state index contributed by atoms with van der Waals surface area (Å²) in [7, 11) is -3.47. The van der Waals surface area contributed by atoms with Gasteiger partial charge in [0, 0.05) is 0 Å². The number of halogens is 1. The van der Waals surface area contributed by atoms with Gasteiger partial charge in [-0.3, -0.25) is 4.79 Å². The Labute approximate surface area is 118 Å². The first-order valence-corrected chi connectivity index (χ1v) is 7.71. The maximum Gasteiger partial charge on any atom is 0.313 e. The van der Waals surface area contributed by atoms with E-state index in [0.29, 0.717) is 5.56 Å². The number of hydrogen-bond donors (Lipinski definition) is 1. The second-order valence-electron chi connectivity index (χ2n) is 5.17. The third kappa shape index (κ3) is 2.92. The third-order valence-corrected chi connectivity index (χ3v) is 5.75. The number of benzene rings is 1. The van der Waals surface area contributed by atoms with Gasteiger partial charge in [0.05, 0.1) is 20.6 Å². The molecule has 4 nitrogen and oxygen atoms in total. The number of aliphatic carboxylic acids is 1. The summed E-state index contributed by atoms with van der Waals surface area (Å²) in [5, 5.41) is 8.62. The summed E-state index contributed by atoms with van der Waals surface area (Å²) in [5.74, 6) is -0.997. The first kappa shape index (κ1) is 16.0. The third-order valence-electron chi connectivity index (χ3n) is 3.12. The quantitative estimate of drug-likeness (QED) is 0.928. The van der Waals surface area contributed by atoms with Gasteiger partial charge in [-0.15, -0.1) is 0 Å². The van der Waals surface area contributed by atoms with E-state index in [-0.39, 0.29) is 9.92 Å². The van der Waals surface area contributed by atoms with Crippen molar-refractivity contribution in [2.75, 3.05) is 0 Å². The summed E-state index contributed by atoms with van der Waals surface area (Å²) in [6.45, 7) is 6.22. The second-order valence-corrected chi connectivity index (χ2v) is 8.05. The predicted octanol–water partition coefficient (Wildman–Crippen LogP) is 2.88. The SMILES string of the molecule is CC(C)S(=O)(=O)c1ccc(C(C)(C)C(=O)O)cc1Cl. The molecule has 0 aromatic heterocycles. The molecular weight excluding hydrogens is 288 g/mol. The van der Waals surface area contributed by atoms with Gasteiger partial charge < -0.3 is 5.11 Å². The van der Waals surface area contributed by atoms with E-state index >= 15 is 0 Å². The maximum atomic E-state index is 12.0. The van der Waals surface area contributed by atoms with Gasteiger partial charge in [-0.2, -0.15) is 0 Å². The van der Waals surface area contributed by atoms with E-state index in [9.17, 15) is 13.2 Å². The Balaban J connectivity index is 3.39. The molecule has 106 valence electrons. The van der Waals surface area contributed by atoms with Crippen LogP contribution < -0.4 is 0 Å². The molecule has 0 aliphatic carbocycles.